The molecule has 3 aromatic rings. The van der Waals surface area contributed by atoms with Crippen molar-refractivity contribution < 1.29 is 9.53 Å². The van der Waals surface area contributed by atoms with Gasteiger partial charge >= 0.3 is 0 Å². The maximum atomic E-state index is 12.4. The second-order valence-electron chi connectivity index (χ2n) is 7.42. The summed E-state index contributed by atoms with van der Waals surface area (Å²) < 4.78 is 7.27. The first-order valence-electron chi connectivity index (χ1n) is 10.1. The lowest BCUT2D eigenvalue weighted by molar-refractivity contribution is -0.120. The quantitative estimate of drug-likeness (QED) is 0.664. The summed E-state index contributed by atoms with van der Waals surface area (Å²) in [7, 11) is 1.63. The molecular formula is C23H26N4O2. The Morgan fingerprint density at radius 1 is 1.17 bits per heavy atom. The number of carbonyl (C=O) groups is 1. The highest BCUT2D eigenvalue weighted by atomic mass is 16.5. The number of methoxy groups -OCH3 is 1. The molecule has 6 heteroatoms. The summed E-state index contributed by atoms with van der Waals surface area (Å²) in [5.74, 6) is 0.763. The van der Waals surface area contributed by atoms with Crippen LogP contribution in [0, 0.1) is 0 Å². The molecule has 0 aliphatic heterocycles. The van der Waals surface area contributed by atoms with Crippen LogP contribution in [-0.4, -0.2) is 27.8 Å². The van der Waals surface area contributed by atoms with Crippen LogP contribution >= 0.6 is 0 Å². The van der Waals surface area contributed by atoms with Crippen molar-refractivity contribution in [2.24, 2.45) is 0 Å². The Morgan fingerprint density at radius 2 is 1.97 bits per heavy atom. The number of amides is 1. The molecule has 1 aromatic carbocycles. The Kier molecular flexibility index (Phi) is 5.89. The Labute approximate surface area is 170 Å². The average Bonchev–Trinajstić information content (AvgIpc) is 3.43. The SMILES string of the molecule is COc1ccc(CC(=O)NCc2cc(-c3ccccn3)n(C3CCCC3)n2)cc1. The van der Waals surface area contributed by atoms with E-state index in [-0.39, 0.29) is 5.91 Å². The molecule has 0 radical (unpaired) electrons. The highest BCUT2D eigenvalue weighted by Crippen LogP contribution is 2.33. The van der Waals surface area contributed by atoms with Gasteiger partial charge < -0.3 is 10.1 Å². The summed E-state index contributed by atoms with van der Waals surface area (Å²) in [6.45, 7) is 0.411. The lowest BCUT2D eigenvalue weighted by Gasteiger charge is -2.13. The molecule has 0 spiro atoms. The minimum atomic E-state index is -0.0232. The second-order valence-corrected chi connectivity index (χ2v) is 7.42. The van der Waals surface area contributed by atoms with Gasteiger partial charge in [0.2, 0.25) is 5.91 Å². The Bertz CT molecular complexity index is 945. The highest BCUT2D eigenvalue weighted by Gasteiger charge is 2.22. The van der Waals surface area contributed by atoms with Crippen molar-refractivity contribution in [3.05, 3.63) is 66.0 Å². The molecule has 2 heterocycles. The molecule has 1 amide bonds. The van der Waals surface area contributed by atoms with Crippen LogP contribution in [0.3, 0.4) is 0 Å². The number of pyridine rings is 1. The normalized spacial score (nSPS) is 14.1. The molecule has 2 aromatic heterocycles. The number of hydrogen-bond acceptors (Lipinski definition) is 4. The topological polar surface area (TPSA) is 69.0 Å². The zero-order chi connectivity index (χ0) is 20.1. The highest BCUT2D eigenvalue weighted by molar-refractivity contribution is 5.78. The van der Waals surface area contributed by atoms with Crippen molar-refractivity contribution in [3.8, 4) is 17.1 Å². The predicted octanol–water partition coefficient (Wildman–Crippen LogP) is 3.93. The molecule has 0 atom stereocenters. The monoisotopic (exact) mass is 390 g/mol. The van der Waals surface area contributed by atoms with Crippen molar-refractivity contribution in [3.63, 3.8) is 0 Å². The molecule has 0 unspecified atom stereocenters. The largest absolute Gasteiger partial charge is 0.497 e. The third kappa shape index (κ3) is 4.65. The minimum Gasteiger partial charge on any atom is -0.497 e. The van der Waals surface area contributed by atoms with E-state index in [1.54, 1.807) is 13.3 Å². The summed E-state index contributed by atoms with van der Waals surface area (Å²) in [4.78, 5) is 16.9. The van der Waals surface area contributed by atoms with Crippen LogP contribution in [0.4, 0.5) is 0 Å². The van der Waals surface area contributed by atoms with Crippen molar-refractivity contribution in [1.82, 2.24) is 20.1 Å². The summed E-state index contributed by atoms with van der Waals surface area (Å²) in [5, 5.41) is 7.81. The standard InChI is InChI=1S/C23H26N4O2/c1-29-20-11-9-17(10-12-20)14-23(28)25-16-18-15-22(21-8-4-5-13-24-21)27(26-18)19-6-2-3-7-19/h4-5,8-13,15,19H,2-3,6-7,14,16H2,1H3,(H,25,28). The predicted molar refractivity (Wildman–Crippen MR) is 112 cm³/mol. The number of ether oxygens (including phenoxy) is 1. The molecule has 1 fully saturated rings. The summed E-state index contributed by atoms with van der Waals surface area (Å²) in [6.07, 6.45) is 6.90. The Morgan fingerprint density at radius 3 is 2.66 bits per heavy atom. The van der Waals surface area contributed by atoms with E-state index >= 15 is 0 Å². The van der Waals surface area contributed by atoms with Gasteiger partial charge in [-0.3, -0.25) is 14.5 Å². The Hall–Kier alpha value is -3.15. The maximum Gasteiger partial charge on any atom is 0.224 e. The summed E-state index contributed by atoms with van der Waals surface area (Å²) in [5.41, 5.74) is 3.76. The zero-order valence-corrected chi connectivity index (χ0v) is 16.7. The summed E-state index contributed by atoms with van der Waals surface area (Å²) >= 11 is 0. The number of nitrogens with one attached hydrogen (secondary N) is 1. The van der Waals surface area contributed by atoms with Crippen LogP contribution in [0.25, 0.3) is 11.4 Å². The molecule has 1 aliphatic carbocycles. The van der Waals surface area contributed by atoms with Gasteiger partial charge in [-0.25, -0.2) is 0 Å². The average molecular weight is 390 g/mol. The first-order valence-corrected chi connectivity index (χ1v) is 10.1. The van der Waals surface area contributed by atoms with Crippen molar-refractivity contribution >= 4 is 5.91 Å². The smallest absolute Gasteiger partial charge is 0.224 e. The van der Waals surface area contributed by atoms with Crippen LogP contribution in [0.1, 0.15) is 43.0 Å². The van der Waals surface area contributed by atoms with E-state index < -0.39 is 0 Å². The molecular weight excluding hydrogens is 364 g/mol. The van der Waals surface area contributed by atoms with Crippen molar-refractivity contribution in [1.29, 1.82) is 0 Å². The van der Waals surface area contributed by atoms with E-state index in [2.05, 4.69) is 15.0 Å². The van der Waals surface area contributed by atoms with E-state index in [1.165, 1.54) is 12.8 Å². The minimum absolute atomic E-state index is 0.0232. The fourth-order valence-electron chi connectivity index (χ4n) is 3.84. The molecule has 1 saturated carbocycles. The van der Waals surface area contributed by atoms with E-state index in [0.29, 0.717) is 19.0 Å². The molecule has 0 saturated heterocycles. The van der Waals surface area contributed by atoms with Crippen LogP contribution in [-0.2, 0) is 17.8 Å². The van der Waals surface area contributed by atoms with Crippen LogP contribution in [0.2, 0.25) is 0 Å². The molecule has 1 aliphatic rings. The molecule has 0 bridgehead atoms. The number of rotatable bonds is 7. The van der Waals surface area contributed by atoms with Crippen LogP contribution in [0.5, 0.6) is 5.75 Å². The van der Waals surface area contributed by atoms with Gasteiger partial charge in [-0.2, -0.15) is 5.10 Å². The lowest BCUT2D eigenvalue weighted by atomic mass is 10.1. The molecule has 29 heavy (non-hydrogen) atoms. The van der Waals surface area contributed by atoms with E-state index in [1.807, 2.05) is 48.5 Å². The van der Waals surface area contributed by atoms with Crippen molar-refractivity contribution in [2.45, 2.75) is 44.7 Å². The summed E-state index contributed by atoms with van der Waals surface area (Å²) in [6, 6.07) is 15.9. The van der Waals surface area contributed by atoms with Gasteiger partial charge in [0.15, 0.2) is 0 Å². The molecule has 1 N–H and O–H groups in total. The molecule has 4 rings (SSSR count). The van der Waals surface area contributed by atoms with Gasteiger partial charge in [0.05, 0.1) is 43.2 Å². The lowest BCUT2D eigenvalue weighted by Crippen LogP contribution is -2.24. The first-order chi connectivity index (χ1) is 14.2. The number of nitrogens with zero attached hydrogens (tertiary/aromatic N) is 3. The molecule has 150 valence electrons. The number of benzene rings is 1. The van der Waals surface area contributed by atoms with Gasteiger partial charge in [0, 0.05) is 6.20 Å². The van der Waals surface area contributed by atoms with E-state index in [9.17, 15) is 4.79 Å². The fourth-order valence-corrected chi connectivity index (χ4v) is 3.84. The van der Waals surface area contributed by atoms with E-state index in [4.69, 9.17) is 9.84 Å². The fraction of sp³-hybridized carbons (Fsp3) is 0.348. The van der Waals surface area contributed by atoms with Gasteiger partial charge in [-0.05, 0) is 48.7 Å². The van der Waals surface area contributed by atoms with Crippen LogP contribution < -0.4 is 10.1 Å². The second kappa shape index (κ2) is 8.90. The van der Waals surface area contributed by atoms with Gasteiger partial charge in [0.1, 0.15) is 5.75 Å². The number of aromatic nitrogens is 3. The zero-order valence-electron chi connectivity index (χ0n) is 16.7. The third-order valence-corrected chi connectivity index (χ3v) is 5.37. The molecule has 6 nitrogen and oxygen atoms in total. The van der Waals surface area contributed by atoms with Gasteiger partial charge in [-0.1, -0.05) is 31.0 Å². The number of carbonyl (C=O) groups excluding carboxylic acids is 1. The number of hydrogen-bond donors (Lipinski definition) is 1. The van der Waals surface area contributed by atoms with E-state index in [0.717, 1.165) is 41.2 Å². The van der Waals surface area contributed by atoms with Gasteiger partial charge in [0.25, 0.3) is 0 Å². The van der Waals surface area contributed by atoms with Gasteiger partial charge in [-0.15, -0.1) is 0 Å². The Balaban J connectivity index is 1.44. The first kappa shape index (κ1) is 19.2. The third-order valence-electron chi connectivity index (χ3n) is 5.37. The van der Waals surface area contributed by atoms with Crippen molar-refractivity contribution in [2.75, 3.05) is 7.11 Å². The van der Waals surface area contributed by atoms with Crippen LogP contribution in [0.15, 0.2) is 54.7 Å². The maximum absolute atomic E-state index is 12.4.